The number of aromatic nitrogens is 1. The Morgan fingerprint density at radius 1 is 0.629 bits per heavy atom. The second-order valence-electron chi connectivity index (χ2n) is 9.59. The number of aromatic amines is 1. The van der Waals surface area contributed by atoms with E-state index in [0.717, 1.165) is 96.1 Å². The van der Waals surface area contributed by atoms with Gasteiger partial charge in [0.1, 0.15) is 0 Å². The number of carbonyl (C=O) groups excluding carboxylic acids is 2. The van der Waals surface area contributed by atoms with Crippen LogP contribution in [0.1, 0.15) is 46.4 Å². The number of nitrogens with one attached hydrogen (secondary N) is 1. The summed E-state index contributed by atoms with van der Waals surface area (Å²) in [6, 6.07) is 22.2. The van der Waals surface area contributed by atoms with Crippen molar-refractivity contribution in [2.45, 2.75) is 25.7 Å². The molecule has 176 valence electrons. The van der Waals surface area contributed by atoms with Gasteiger partial charge < -0.3 is 14.8 Å². The van der Waals surface area contributed by atoms with E-state index in [9.17, 15) is 9.59 Å². The van der Waals surface area contributed by atoms with Crippen molar-refractivity contribution < 1.29 is 9.59 Å². The van der Waals surface area contributed by atoms with Crippen LogP contribution in [-0.4, -0.2) is 52.8 Å². The molecule has 4 aromatic rings. The topological polar surface area (TPSA) is 56.4 Å². The summed E-state index contributed by atoms with van der Waals surface area (Å²) >= 11 is 0. The van der Waals surface area contributed by atoms with Crippen LogP contribution in [0.4, 0.5) is 0 Å². The number of H-pyrrole nitrogens is 1. The molecule has 1 aromatic heterocycles. The van der Waals surface area contributed by atoms with Gasteiger partial charge >= 0.3 is 0 Å². The highest BCUT2D eigenvalue weighted by atomic mass is 16.2. The van der Waals surface area contributed by atoms with Gasteiger partial charge in [-0.25, -0.2) is 0 Å². The predicted octanol–water partition coefficient (Wildman–Crippen LogP) is 5.97. The smallest absolute Gasteiger partial charge is 0.253 e. The monoisotopic (exact) mass is 463 g/mol. The van der Waals surface area contributed by atoms with Crippen molar-refractivity contribution in [1.29, 1.82) is 0 Å². The molecule has 0 unspecified atom stereocenters. The van der Waals surface area contributed by atoms with Gasteiger partial charge in [-0.05, 0) is 72.7 Å². The highest BCUT2D eigenvalue weighted by molar-refractivity contribution is 6.05. The molecule has 2 saturated heterocycles. The molecule has 35 heavy (non-hydrogen) atoms. The number of fused-ring (bicyclic) bond motifs is 1. The minimum absolute atomic E-state index is 0.114. The fraction of sp³-hybridized carbons (Fsp3) is 0.267. The molecule has 6 rings (SSSR count). The number of rotatable bonds is 4. The first-order chi connectivity index (χ1) is 17.2. The third-order valence-corrected chi connectivity index (χ3v) is 7.35. The quantitative estimate of drug-likeness (QED) is 0.405. The minimum atomic E-state index is 0.114. The third kappa shape index (κ3) is 4.01. The zero-order chi connectivity index (χ0) is 23.8. The van der Waals surface area contributed by atoms with Crippen LogP contribution in [-0.2, 0) is 0 Å². The molecule has 0 spiro atoms. The molecule has 2 aliphatic rings. The molecule has 0 bridgehead atoms. The van der Waals surface area contributed by atoms with Crippen LogP contribution in [0.15, 0.2) is 72.9 Å². The van der Waals surface area contributed by atoms with Crippen LogP contribution in [0.3, 0.4) is 0 Å². The molecule has 5 heteroatoms. The normalized spacial score (nSPS) is 15.8. The van der Waals surface area contributed by atoms with Crippen molar-refractivity contribution in [1.82, 2.24) is 14.8 Å². The van der Waals surface area contributed by atoms with Crippen molar-refractivity contribution >= 4 is 22.7 Å². The average Bonchev–Trinajstić information content (AvgIpc) is 3.70. The first-order valence-corrected chi connectivity index (χ1v) is 12.6. The van der Waals surface area contributed by atoms with Gasteiger partial charge in [0.25, 0.3) is 11.8 Å². The molecular weight excluding hydrogens is 434 g/mol. The number of likely N-dealkylation sites (tertiary alicyclic amines) is 2. The molecule has 3 heterocycles. The maximum Gasteiger partial charge on any atom is 0.253 e. The number of hydrogen-bond donors (Lipinski definition) is 1. The average molecular weight is 464 g/mol. The fourth-order valence-electron chi connectivity index (χ4n) is 5.49. The van der Waals surface area contributed by atoms with Crippen molar-refractivity contribution in [2.75, 3.05) is 26.2 Å². The van der Waals surface area contributed by atoms with E-state index in [1.807, 2.05) is 52.4 Å². The third-order valence-electron chi connectivity index (χ3n) is 7.35. The lowest BCUT2D eigenvalue weighted by Crippen LogP contribution is -2.27. The molecule has 5 nitrogen and oxygen atoms in total. The van der Waals surface area contributed by atoms with Crippen molar-refractivity contribution in [2.24, 2.45) is 0 Å². The van der Waals surface area contributed by atoms with Crippen LogP contribution < -0.4 is 0 Å². The molecule has 0 saturated carbocycles. The number of carbonyl (C=O) groups is 2. The Morgan fingerprint density at radius 3 is 1.71 bits per heavy atom. The molecular formula is C30H29N3O2. The van der Waals surface area contributed by atoms with Gasteiger partial charge in [0, 0.05) is 54.5 Å². The van der Waals surface area contributed by atoms with Crippen molar-refractivity contribution in [3.63, 3.8) is 0 Å². The number of hydrogen-bond acceptors (Lipinski definition) is 2. The van der Waals surface area contributed by atoms with Gasteiger partial charge in [0.15, 0.2) is 0 Å². The summed E-state index contributed by atoms with van der Waals surface area (Å²) in [5, 5.41) is 1.10. The summed E-state index contributed by atoms with van der Waals surface area (Å²) in [6.45, 7) is 3.38. The molecule has 0 aliphatic carbocycles. The van der Waals surface area contributed by atoms with E-state index >= 15 is 0 Å². The van der Waals surface area contributed by atoms with Gasteiger partial charge in [-0.2, -0.15) is 0 Å². The van der Waals surface area contributed by atoms with Crippen LogP contribution in [0.25, 0.3) is 33.2 Å². The Balaban J connectivity index is 1.36. The van der Waals surface area contributed by atoms with Gasteiger partial charge in [-0.1, -0.05) is 36.4 Å². The van der Waals surface area contributed by atoms with Gasteiger partial charge in [0.2, 0.25) is 0 Å². The summed E-state index contributed by atoms with van der Waals surface area (Å²) in [5.74, 6) is 0.231. The van der Waals surface area contributed by atoms with Crippen LogP contribution in [0.5, 0.6) is 0 Å². The largest absolute Gasteiger partial charge is 0.361 e. The highest BCUT2D eigenvalue weighted by Gasteiger charge is 2.21. The number of benzene rings is 3. The fourth-order valence-corrected chi connectivity index (χ4v) is 5.49. The first-order valence-electron chi connectivity index (χ1n) is 12.6. The zero-order valence-electron chi connectivity index (χ0n) is 19.8. The van der Waals surface area contributed by atoms with E-state index in [2.05, 4.69) is 35.3 Å². The van der Waals surface area contributed by atoms with E-state index in [1.165, 1.54) is 0 Å². The maximum absolute atomic E-state index is 13.0. The lowest BCUT2D eigenvalue weighted by molar-refractivity contribution is 0.0785. The van der Waals surface area contributed by atoms with Gasteiger partial charge in [-0.3, -0.25) is 9.59 Å². The molecule has 2 amide bonds. The summed E-state index contributed by atoms with van der Waals surface area (Å²) < 4.78 is 0. The van der Waals surface area contributed by atoms with E-state index < -0.39 is 0 Å². The first kappa shape index (κ1) is 21.7. The van der Waals surface area contributed by atoms with E-state index in [1.54, 1.807) is 0 Å². The Labute approximate surface area is 205 Å². The lowest BCUT2D eigenvalue weighted by atomic mass is 9.94. The number of amides is 2. The lowest BCUT2D eigenvalue weighted by Gasteiger charge is -2.17. The van der Waals surface area contributed by atoms with Crippen molar-refractivity contribution in [3.05, 3.63) is 84.1 Å². The Hall–Kier alpha value is -3.86. The Kier molecular flexibility index (Phi) is 5.61. The Bertz CT molecular complexity index is 1300. The maximum atomic E-state index is 13.0. The van der Waals surface area contributed by atoms with Gasteiger partial charge in [0.05, 0.1) is 5.52 Å². The standard InChI is InChI=1S/C30H29N3O2/c34-29(32-15-1-2-16-32)23-9-5-7-21(19-23)25-11-12-26(28-27(25)13-14-31-28)22-8-6-10-24(20-22)30(35)33-17-3-4-18-33/h5-14,19-20,31H,1-4,15-18H2. The van der Waals surface area contributed by atoms with E-state index in [0.29, 0.717) is 0 Å². The molecule has 0 atom stereocenters. The SMILES string of the molecule is O=C(c1cccc(-c2ccc(-c3cccc(C(=O)N4CCCC4)c3)c3[nH]ccc23)c1)N1CCCC1. The summed E-state index contributed by atoms with van der Waals surface area (Å²) in [5.41, 5.74) is 6.71. The molecule has 2 aliphatic heterocycles. The van der Waals surface area contributed by atoms with E-state index in [-0.39, 0.29) is 11.8 Å². The molecule has 3 aromatic carbocycles. The molecule has 2 fully saturated rings. The zero-order valence-corrected chi connectivity index (χ0v) is 19.8. The Morgan fingerprint density at radius 2 is 1.14 bits per heavy atom. The highest BCUT2D eigenvalue weighted by Crippen LogP contribution is 2.36. The van der Waals surface area contributed by atoms with Crippen molar-refractivity contribution in [3.8, 4) is 22.3 Å². The van der Waals surface area contributed by atoms with Crippen LogP contribution in [0.2, 0.25) is 0 Å². The second-order valence-corrected chi connectivity index (χ2v) is 9.59. The minimum Gasteiger partial charge on any atom is -0.361 e. The van der Waals surface area contributed by atoms with E-state index in [4.69, 9.17) is 0 Å². The number of nitrogens with zero attached hydrogens (tertiary/aromatic N) is 2. The van der Waals surface area contributed by atoms with Gasteiger partial charge in [-0.15, -0.1) is 0 Å². The molecule has 0 radical (unpaired) electrons. The summed E-state index contributed by atoms with van der Waals surface area (Å²) in [7, 11) is 0. The predicted molar refractivity (Wildman–Crippen MR) is 139 cm³/mol. The second kappa shape index (κ2) is 9.06. The summed E-state index contributed by atoms with van der Waals surface area (Å²) in [6.07, 6.45) is 6.29. The summed E-state index contributed by atoms with van der Waals surface area (Å²) in [4.78, 5) is 33.2. The molecule has 1 N–H and O–H groups in total. The van der Waals surface area contributed by atoms with Crippen LogP contribution in [0, 0.1) is 0 Å². The van der Waals surface area contributed by atoms with Crippen LogP contribution >= 0.6 is 0 Å².